The van der Waals surface area contributed by atoms with Crippen LogP contribution in [-0.4, -0.2) is 24.2 Å². The Bertz CT molecular complexity index is 721. The van der Waals surface area contributed by atoms with E-state index in [1.54, 1.807) is 7.05 Å². The lowest BCUT2D eigenvalue weighted by Crippen LogP contribution is -2.35. The van der Waals surface area contributed by atoms with E-state index >= 15 is 0 Å². The third kappa shape index (κ3) is 1.83. The number of fused-ring (bicyclic) bond motifs is 1. The number of para-hydroxylation sites is 1. The van der Waals surface area contributed by atoms with Crippen molar-refractivity contribution >= 4 is 15.7 Å². The standard InChI is InChI=1S/C13H15N3O2S/c1-10-7-11-5-3-4-6-13(11)16(10)19(17,18)12-8-14-15(2)9-12/h3-6,8-10H,7H2,1-2H3. The lowest BCUT2D eigenvalue weighted by atomic mass is 10.1. The van der Waals surface area contributed by atoms with Gasteiger partial charge in [0.1, 0.15) is 4.90 Å². The Morgan fingerprint density at radius 2 is 2.05 bits per heavy atom. The number of hydrogen-bond donors (Lipinski definition) is 0. The smallest absolute Gasteiger partial charge is 0.267 e. The zero-order valence-electron chi connectivity index (χ0n) is 10.8. The average Bonchev–Trinajstić information content (AvgIpc) is 2.92. The summed E-state index contributed by atoms with van der Waals surface area (Å²) in [6.07, 6.45) is 3.67. The molecular weight excluding hydrogens is 262 g/mol. The third-order valence-electron chi connectivity index (χ3n) is 3.38. The number of aromatic nitrogens is 2. The second-order valence-electron chi connectivity index (χ2n) is 4.83. The maximum absolute atomic E-state index is 12.7. The van der Waals surface area contributed by atoms with Gasteiger partial charge >= 0.3 is 0 Å². The predicted octanol–water partition coefficient (Wildman–Crippen LogP) is 1.56. The summed E-state index contributed by atoms with van der Waals surface area (Å²) >= 11 is 0. The van der Waals surface area contributed by atoms with Gasteiger partial charge in [0.15, 0.2) is 0 Å². The molecule has 0 spiro atoms. The van der Waals surface area contributed by atoms with Gasteiger partial charge < -0.3 is 0 Å². The maximum Gasteiger partial charge on any atom is 0.267 e. The first-order valence-corrected chi connectivity index (χ1v) is 7.55. The van der Waals surface area contributed by atoms with Crippen molar-refractivity contribution in [1.82, 2.24) is 9.78 Å². The van der Waals surface area contributed by atoms with Crippen LogP contribution >= 0.6 is 0 Å². The molecule has 0 aliphatic carbocycles. The minimum absolute atomic E-state index is 0.0670. The van der Waals surface area contributed by atoms with E-state index < -0.39 is 10.0 Å². The van der Waals surface area contributed by atoms with Gasteiger partial charge in [0.2, 0.25) is 0 Å². The molecule has 1 aromatic carbocycles. The Hall–Kier alpha value is -1.82. The van der Waals surface area contributed by atoms with E-state index in [0.717, 1.165) is 17.7 Å². The van der Waals surface area contributed by atoms with E-state index in [-0.39, 0.29) is 10.9 Å². The highest BCUT2D eigenvalue weighted by Crippen LogP contribution is 2.36. The van der Waals surface area contributed by atoms with E-state index in [1.807, 2.05) is 31.2 Å². The van der Waals surface area contributed by atoms with Crippen LogP contribution in [0.1, 0.15) is 12.5 Å². The Labute approximate surface area is 112 Å². The van der Waals surface area contributed by atoms with Gasteiger partial charge in [0.05, 0.1) is 11.9 Å². The topological polar surface area (TPSA) is 55.2 Å². The van der Waals surface area contributed by atoms with Crippen molar-refractivity contribution in [2.45, 2.75) is 24.3 Å². The minimum atomic E-state index is -3.53. The van der Waals surface area contributed by atoms with Crippen LogP contribution in [0.5, 0.6) is 0 Å². The van der Waals surface area contributed by atoms with Crippen LogP contribution in [0.2, 0.25) is 0 Å². The molecular formula is C13H15N3O2S. The summed E-state index contributed by atoms with van der Waals surface area (Å²) in [5, 5.41) is 3.95. The molecule has 19 heavy (non-hydrogen) atoms. The van der Waals surface area contributed by atoms with Crippen LogP contribution in [0.4, 0.5) is 5.69 Å². The fraction of sp³-hybridized carbons (Fsp3) is 0.308. The van der Waals surface area contributed by atoms with E-state index in [9.17, 15) is 8.42 Å². The van der Waals surface area contributed by atoms with Crippen molar-refractivity contribution in [3.8, 4) is 0 Å². The third-order valence-corrected chi connectivity index (χ3v) is 5.26. The first-order chi connectivity index (χ1) is 9.00. The number of rotatable bonds is 2. The molecule has 0 amide bonds. The SMILES string of the molecule is CC1Cc2ccccc2N1S(=O)(=O)c1cnn(C)c1. The summed E-state index contributed by atoms with van der Waals surface area (Å²) in [5.74, 6) is 0. The molecule has 6 heteroatoms. The van der Waals surface area contributed by atoms with Crippen LogP contribution in [0.15, 0.2) is 41.6 Å². The van der Waals surface area contributed by atoms with Crippen molar-refractivity contribution < 1.29 is 8.42 Å². The Kier molecular flexibility index (Phi) is 2.63. The van der Waals surface area contributed by atoms with Gasteiger partial charge in [-0.05, 0) is 25.0 Å². The van der Waals surface area contributed by atoms with Gasteiger partial charge in [-0.15, -0.1) is 0 Å². The molecule has 0 radical (unpaired) electrons. The van der Waals surface area contributed by atoms with E-state index in [1.165, 1.54) is 21.4 Å². The average molecular weight is 277 g/mol. The Balaban J connectivity index is 2.12. The summed E-state index contributed by atoms with van der Waals surface area (Å²) in [6.45, 7) is 1.92. The molecule has 1 atom stereocenters. The van der Waals surface area contributed by atoms with E-state index in [0.29, 0.717) is 0 Å². The van der Waals surface area contributed by atoms with Gasteiger partial charge in [0.25, 0.3) is 10.0 Å². The summed E-state index contributed by atoms with van der Waals surface area (Å²) in [6, 6.07) is 7.56. The first-order valence-electron chi connectivity index (χ1n) is 6.11. The van der Waals surface area contributed by atoms with Crippen molar-refractivity contribution in [3.05, 3.63) is 42.2 Å². The molecule has 100 valence electrons. The molecule has 0 N–H and O–H groups in total. The lowest BCUT2D eigenvalue weighted by Gasteiger charge is -2.23. The zero-order valence-corrected chi connectivity index (χ0v) is 11.6. The normalized spacial score (nSPS) is 18.6. The Morgan fingerprint density at radius 3 is 2.74 bits per heavy atom. The highest BCUT2D eigenvalue weighted by molar-refractivity contribution is 7.92. The summed E-state index contributed by atoms with van der Waals surface area (Å²) < 4.78 is 28.4. The van der Waals surface area contributed by atoms with Crippen molar-refractivity contribution in [2.75, 3.05) is 4.31 Å². The van der Waals surface area contributed by atoms with Gasteiger partial charge in [-0.2, -0.15) is 5.10 Å². The summed E-state index contributed by atoms with van der Waals surface area (Å²) in [7, 11) is -1.82. The van der Waals surface area contributed by atoms with Gasteiger partial charge in [-0.25, -0.2) is 8.42 Å². The second kappa shape index (κ2) is 4.09. The Morgan fingerprint density at radius 1 is 1.32 bits per heavy atom. The van der Waals surface area contributed by atoms with Crippen LogP contribution in [0.25, 0.3) is 0 Å². The van der Waals surface area contributed by atoms with E-state index in [4.69, 9.17) is 0 Å². The van der Waals surface area contributed by atoms with Gasteiger partial charge in [0, 0.05) is 19.3 Å². The summed E-state index contributed by atoms with van der Waals surface area (Å²) in [5.41, 5.74) is 1.85. The quantitative estimate of drug-likeness (QED) is 0.837. The number of anilines is 1. The van der Waals surface area contributed by atoms with Crippen molar-refractivity contribution in [3.63, 3.8) is 0 Å². The molecule has 2 heterocycles. The predicted molar refractivity (Wildman–Crippen MR) is 72.5 cm³/mol. The van der Waals surface area contributed by atoms with Crippen LogP contribution in [0.3, 0.4) is 0 Å². The van der Waals surface area contributed by atoms with Crippen LogP contribution in [0, 0.1) is 0 Å². The van der Waals surface area contributed by atoms with Crippen LogP contribution in [-0.2, 0) is 23.5 Å². The van der Waals surface area contributed by atoms with Gasteiger partial charge in [-0.3, -0.25) is 8.99 Å². The molecule has 5 nitrogen and oxygen atoms in total. The fourth-order valence-electron chi connectivity index (χ4n) is 2.55. The molecule has 0 saturated heterocycles. The lowest BCUT2D eigenvalue weighted by molar-refractivity contribution is 0.584. The summed E-state index contributed by atoms with van der Waals surface area (Å²) in [4.78, 5) is 0.235. The monoisotopic (exact) mass is 277 g/mol. The molecule has 0 bridgehead atoms. The second-order valence-corrected chi connectivity index (χ2v) is 6.65. The molecule has 1 aliphatic heterocycles. The molecule has 1 aromatic heterocycles. The van der Waals surface area contributed by atoms with Crippen LogP contribution < -0.4 is 4.31 Å². The highest BCUT2D eigenvalue weighted by atomic mass is 32.2. The number of aryl methyl sites for hydroxylation is 1. The zero-order chi connectivity index (χ0) is 13.6. The number of hydrogen-bond acceptors (Lipinski definition) is 3. The molecule has 1 unspecified atom stereocenters. The highest BCUT2D eigenvalue weighted by Gasteiger charge is 2.36. The largest absolute Gasteiger partial charge is 0.274 e. The van der Waals surface area contributed by atoms with E-state index in [2.05, 4.69) is 5.10 Å². The van der Waals surface area contributed by atoms with Crippen molar-refractivity contribution in [2.24, 2.45) is 7.05 Å². The molecule has 0 fully saturated rings. The fourth-order valence-corrected chi connectivity index (χ4v) is 4.23. The maximum atomic E-state index is 12.7. The molecule has 1 aliphatic rings. The minimum Gasteiger partial charge on any atom is -0.274 e. The molecule has 2 aromatic rings. The number of nitrogens with zero attached hydrogens (tertiary/aromatic N) is 3. The molecule has 0 saturated carbocycles. The first kappa shape index (κ1) is 12.2. The number of benzene rings is 1. The van der Waals surface area contributed by atoms with Gasteiger partial charge in [-0.1, -0.05) is 18.2 Å². The molecule has 3 rings (SSSR count). The van der Waals surface area contributed by atoms with Crippen molar-refractivity contribution in [1.29, 1.82) is 0 Å². The number of sulfonamides is 1.